The number of carbonyl (C=O) groups excluding carboxylic acids is 5. The van der Waals surface area contributed by atoms with Crippen molar-refractivity contribution in [3.63, 3.8) is 0 Å². The molecule has 0 aliphatic carbocycles. The van der Waals surface area contributed by atoms with Gasteiger partial charge in [-0.3, -0.25) is 24.1 Å². The number of hydrogen-bond donors (Lipinski definition) is 1. The van der Waals surface area contributed by atoms with Gasteiger partial charge in [0.15, 0.2) is 0 Å². The summed E-state index contributed by atoms with van der Waals surface area (Å²) < 4.78 is 17.0. The van der Waals surface area contributed by atoms with Crippen LogP contribution in [0.1, 0.15) is 93.6 Å². The van der Waals surface area contributed by atoms with Gasteiger partial charge in [0.1, 0.15) is 12.1 Å². The molecule has 324 valence electrons. The first-order valence-corrected chi connectivity index (χ1v) is 20.8. The molecule has 9 atom stereocenters. The van der Waals surface area contributed by atoms with Crippen LogP contribution in [0.5, 0.6) is 0 Å². The van der Waals surface area contributed by atoms with Crippen LogP contribution in [0.2, 0.25) is 0 Å². The summed E-state index contributed by atoms with van der Waals surface area (Å²) in [6, 6.07) is 6.65. The number of nitrogens with zero attached hydrogens (tertiary/aromatic N) is 4. The van der Waals surface area contributed by atoms with Crippen molar-refractivity contribution < 1.29 is 38.2 Å². The average molecular weight is 802 g/mol. The van der Waals surface area contributed by atoms with Gasteiger partial charge in [0.05, 0.1) is 49.8 Å². The smallest absolute Gasteiger partial charge is 0.328 e. The minimum atomic E-state index is -0.892. The number of benzene rings is 1. The van der Waals surface area contributed by atoms with Crippen LogP contribution < -0.4 is 5.32 Å². The molecule has 0 saturated carbocycles. The molecular weight excluding hydrogens is 727 g/mol. The lowest BCUT2D eigenvalue weighted by Gasteiger charge is -2.43. The van der Waals surface area contributed by atoms with E-state index in [4.69, 9.17) is 14.2 Å². The second kappa shape index (κ2) is 23.1. The van der Waals surface area contributed by atoms with Gasteiger partial charge in [0.25, 0.3) is 0 Å². The summed E-state index contributed by atoms with van der Waals surface area (Å²) in [6.45, 7) is 18.4. The summed E-state index contributed by atoms with van der Waals surface area (Å²) in [5, 5.41) is 2.87. The van der Waals surface area contributed by atoms with Crippen LogP contribution in [0, 0.1) is 23.7 Å². The first-order valence-electron chi connectivity index (χ1n) is 20.8. The molecule has 0 spiro atoms. The normalized spacial score (nSPS) is 18.8. The molecule has 0 unspecified atom stereocenters. The summed E-state index contributed by atoms with van der Waals surface area (Å²) in [5.41, 5.74) is 0.877. The predicted octanol–water partition coefficient (Wildman–Crippen LogP) is 4.66. The zero-order chi connectivity index (χ0) is 43.3. The van der Waals surface area contributed by atoms with Gasteiger partial charge in [-0.25, -0.2) is 4.79 Å². The summed E-state index contributed by atoms with van der Waals surface area (Å²) in [4.78, 5) is 76.6. The molecule has 1 aliphatic heterocycles. The van der Waals surface area contributed by atoms with Gasteiger partial charge in [-0.1, -0.05) is 85.2 Å². The maximum Gasteiger partial charge on any atom is 0.328 e. The molecule has 2 rings (SSSR count). The van der Waals surface area contributed by atoms with E-state index in [1.807, 2.05) is 72.0 Å². The first kappa shape index (κ1) is 49.6. The number of carbonyl (C=O) groups is 5. The number of amides is 4. The Morgan fingerprint density at radius 1 is 0.825 bits per heavy atom. The molecule has 0 aromatic heterocycles. The molecule has 1 aliphatic rings. The lowest BCUT2D eigenvalue weighted by Crippen LogP contribution is -2.60. The maximum atomic E-state index is 14.6. The third kappa shape index (κ3) is 12.7. The van der Waals surface area contributed by atoms with Crippen LogP contribution in [0.25, 0.3) is 0 Å². The van der Waals surface area contributed by atoms with Crippen LogP contribution in [0.4, 0.5) is 0 Å². The van der Waals surface area contributed by atoms with E-state index in [9.17, 15) is 24.0 Å². The highest BCUT2D eigenvalue weighted by atomic mass is 16.5. The van der Waals surface area contributed by atoms with Gasteiger partial charge in [-0.2, -0.15) is 0 Å². The number of ether oxygens (including phenoxy) is 3. The van der Waals surface area contributed by atoms with Crippen molar-refractivity contribution in [1.29, 1.82) is 0 Å². The van der Waals surface area contributed by atoms with E-state index in [0.717, 1.165) is 18.4 Å². The fourth-order valence-electron chi connectivity index (χ4n) is 8.50. The Bertz CT molecular complexity index is 1440. The molecule has 57 heavy (non-hydrogen) atoms. The van der Waals surface area contributed by atoms with E-state index in [1.54, 1.807) is 42.8 Å². The number of likely N-dealkylation sites (N-methyl/N-ethyl adjacent to an activating group) is 3. The van der Waals surface area contributed by atoms with Crippen molar-refractivity contribution in [2.45, 2.75) is 143 Å². The van der Waals surface area contributed by atoms with E-state index in [-0.39, 0.29) is 60.3 Å². The molecule has 1 saturated heterocycles. The SMILES string of the molecule is CC[C@H](C)[C@@H]([C@@H](CC(=O)N1CCC[C@H]1[C@H](OC)[C@@H](C)C(=O)N[C@@H](Cc1ccccc1)C(=O)OC)OC)N(C)C(=O)[C@H](C(C)C)N(C)C(=O)[C@H](C(C)C)N(C)C(C)C. The van der Waals surface area contributed by atoms with Crippen molar-refractivity contribution in [2.75, 3.05) is 49.0 Å². The Hall–Kier alpha value is -3.55. The molecular formula is C44H75N5O8. The molecule has 0 radical (unpaired) electrons. The third-order valence-corrected chi connectivity index (χ3v) is 12.1. The summed E-state index contributed by atoms with van der Waals surface area (Å²) >= 11 is 0. The van der Waals surface area contributed by atoms with Gasteiger partial charge < -0.3 is 34.2 Å². The predicted molar refractivity (Wildman–Crippen MR) is 223 cm³/mol. The second-order valence-corrected chi connectivity index (χ2v) is 16.9. The summed E-state index contributed by atoms with van der Waals surface area (Å²) in [6.07, 6.45) is 1.08. The Labute approximate surface area is 343 Å². The van der Waals surface area contributed by atoms with Gasteiger partial charge in [0, 0.05) is 47.3 Å². The number of methoxy groups -OCH3 is 3. The molecule has 1 N–H and O–H groups in total. The maximum absolute atomic E-state index is 14.6. The van der Waals surface area contributed by atoms with E-state index in [0.29, 0.717) is 13.0 Å². The molecule has 1 heterocycles. The first-order chi connectivity index (χ1) is 26.8. The minimum absolute atomic E-state index is 0.00779. The van der Waals surface area contributed by atoms with Gasteiger partial charge >= 0.3 is 5.97 Å². The number of nitrogens with one attached hydrogen (secondary N) is 1. The lowest BCUT2D eigenvalue weighted by atomic mass is 9.89. The molecule has 4 amide bonds. The van der Waals surface area contributed by atoms with Crippen molar-refractivity contribution in [3.05, 3.63) is 35.9 Å². The fraction of sp³-hybridized carbons (Fsp3) is 0.750. The van der Waals surface area contributed by atoms with Crippen LogP contribution in [-0.4, -0.2) is 147 Å². The highest BCUT2D eigenvalue weighted by Crippen LogP contribution is 2.30. The fourth-order valence-corrected chi connectivity index (χ4v) is 8.50. The Kier molecular flexibility index (Phi) is 20.1. The van der Waals surface area contributed by atoms with E-state index in [1.165, 1.54) is 14.2 Å². The molecule has 13 nitrogen and oxygen atoms in total. The third-order valence-electron chi connectivity index (χ3n) is 12.1. The number of rotatable bonds is 22. The molecule has 0 bridgehead atoms. The van der Waals surface area contributed by atoms with Crippen LogP contribution in [0.3, 0.4) is 0 Å². The Balaban J connectivity index is 2.34. The Morgan fingerprint density at radius 2 is 1.40 bits per heavy atom. The van der Waals surface area contributed by atoms with Crippen LogP contribution in [0.15, 0.2) is 30.3 Å². The lowest BCUT2D eigenvalue weighted by molar-refractivity contribution is -0.154. The highest BCUT2D eigenvalue weighted by Gasteiger charge is 2.44. The zero-order valence-corrected chi connectivity index (χ0v) is 37.6. The van der Waals surface area contributed by atoms with Gasteiger partial charge in [0.2, 0.25) is 23.6 Å². The van der Waals surface area contributed by atoms with Crippen molar-refractivity contribution in [2.24, 2.45) is 23.7 Å². The summed E-state index contributed by atoms with van der Waals surface area (Å²) in [5.74, 6) is -2.27. The van der Waals surface area contributed by atoms with E-state index < -0.39 is 54.3 Å². The highest BCUT2D eigenvalue weighted by molar-refractivity contribution is 5.90. The molecule has 1 fully saturated rings. The molecule has 1 aromatic carbocycles. The second-order valence-electron chi connectivity index (χ2n) is 16.9. The van der Waals surface area contributed by atoms with Crippen LogP contribution >= 0.6 is 0 Å². The van der Waals surface area contributed by atoms with E-state index in [2.05, 4.69) is 31.0 Å². The number of hydrogen-bond acceptors (Lipinski definition) is 9. The monoisotopic (exact) mass is 802 g/mol. The van der Waals surface area contributed by atoms with Gasteiger partial charge in [-0.15, -0.1) is 0 Å². The Morgan fingerprint density at radius 3 is 1.89 bits per heavy atom. The van der Waals surface area contributed by atoms with E-state index >= 15 is 0 Å². The molecule has 13 heteroatoms. The zero-order valence-electron chi connectivity index (χ0n) is 37.6. The topological polar surface area (TPSA) is 138 Å². The van der Waals surface area contributed by atoms with Crippen LogP contribution in [-0.2, 0) is 44.6 Å². The largest absolute Gasteiger partial charge is 0.467 e. The van der Waals surface area contributed by atoms with Gasteiger partial charge in [-0.05, 0) is 57.1 Å². The number of esters is 1. The standard InChI is InChI=1S/C44H75N5O8/c1-16-30(8)39(48(12)43(53)38(28(4)5)47(11)42(52)37(27(2)3)46(10)29(6)7)35(55-13)26-36(50)49-24-20-23-34(49)40(56-14)31(9)41(51)45-33(44(54)57-15)25-32-21-18-17-19-22-32/h17-19,21-22,27-31,33-35,37-40H,16,20,23-26H2,1-15H3,(H,45,51)/t30-,31+,33-,34-,35+,37-,38-,39-,40+/m0/s1. The quantitative estimate of drug-likeness (QED) is 0.166. The number of likely N-dealkylation sites (tertiary alicyclic amines) is 1. The van der Waals surface area contributed by atoms with Crippen molar-refractivity contribution >= 4 is 29.6 Å². The van der Waals surface area contributed by atoms with Crippen molar-refractivity contribution in [3.8, 4) is 0 Å². The summed E-state index contributed by atoms with van der Waals surface area (Å²) in [7, 11) is 9.81. The van der Waals surface area contributed by atoms with Crippen molar-refractivity contribution in [1.82, 2.24) is 24.9 Å². The molecule has 1 aromatic rings. The minimum Gasteiger partial charge on any atom is -0.467 e. The average Bonchev–Trinajstić information content (AvgIpc) is 3.66.